The molecule has 0 fully saturated rings. The molecule has 3 aromatic carbocycles. The summed E-state index contributed by atoms with van der Waals surface area (Å²) in [6, 6.07) is 19.6. The first-order valence-electron chi connectivity index (χ1n) is 8.90. The van der Waals surface area contributed by atoms with Crippen molar-refractivity contribution in [3.05, 3.63) is 83.6 Å². The average Bonchev–Trinajstić information content (AvgIpc) is 3.07. The highest BCUT2D eigenvalue weighted by molar-refractivity contribution is 7.89. The van der Waals surface area contributed by atoms with Crippen LogP contribution in [0.4, 0.5) is 4.39 Å². The summed E-state index contributed by atoms with van der Waals surface area (Å²) in [5.74, 6) is 0.323. The van der Waals surface area contributed by atoms with E-state index in [1.54, 1.807) is 12.1 Å². The molecule has 0 amide bonds. The number of fused-ring (bicyclic) bond motifs is 1. The summed E-state index contributed by atoms with van der Waals surface area (Å²) in [5, 5.41) is 0.470. The molecule has 8 heteroatoms. The van der Waals surface area contributed by atoms with Crippen molar-refractivity contribution in [1.82, 2.24) is 14.3 Å². The van der Waals surface area contributed by atoms with Crippen LogP contribution >= 0.6 is 11.6 Å². The molecular weight excluding hydrogens is 413 g/mol. The third kappa shape index (κ3) is 4.17. The lowest BCUT2D eigenvalue weighted by atomic mass is 10.2. The van der Waals surface area contributed by atoms with Gasteiger partial charge < -0.3 is 4.57 Å². The molecule has 0 aliphatic heterocycles. The van der Waals surface area contributed by atoms with Crippen LogP contribution in [0.2, 0.25) is 5.02 Å². The van der Waals surface area contributed by atoms with Crippen LogP contribution in [-0.4, -0.2) is 24.5 Å². The SMILES string of the molecule is O=S(=O)(NCCn1c(-c2ccc(F)cc2)nc2ccccc21)c1ccc(Cl)cc1. The molecule has 0 radical (unpaired) electrons. The normalized spacial score (nSPS) is 11.8. The Hall–Kier alpha value is -2.74. The monoisotopic (exact) mass is 429 g/mol. The van der Waals surface area contributed by atoms with E-state index in [1.807, 2.05) is 28.8 Å². The van der Waals surface area contributed by atoms with Gasteiger partial charge in [0.05, 0.1) is 15.9 Å². The van der Waals surface area contributed by atoms with Crippen LogP contribution in [0.25, 0.3) is 22.4 Å². The van der Waals surface area contributed by atoms with Crippen molar-refractivity contribution in [2.75, 3.05) is 6.54 Å². The van der Waals surface area contributed by atoms with Crippen molar-refractivity contribution < 1.29 is 12.8 Å². The molecule has 1 N–H and O–H groups in total. The first kappa shape index (κ1) is 19.6. The topological polar surface area (TPSA) is 64.0 Å². The van der Waals surface area contributed by atoms with Crippen molar-refractivity contribution in [3.63, 3.8) is 0 Å². The highest BCUT2D eigenvalue weighted by atomic mass is 35.5. The third-order valence-electron chi connectivity index (χ3n) is 4.51. The van der Waals surface area contributed by atoms with Gasteiger partial charge in [0.1, 0.15) is 11.6 Å². The van der Waals surface area contributed by atoms with Gasteiger partial charge in [-0.3, -0.25) is 0 Å². The van der Waals surface area contributed by atoms with Crippen LogP contribution in [0.3, 0.4) is 0 Å². The minimum absolute atomic E-state index is 0.149. The lowest BCUT2D eigenvalue weighted by molar-refractivity contribution is 0.574. The second kappa shape index (κ2) is 7.94. The van der Waals surface area contributed by atoms with E-state index < -0.39 is 10.0 Å². The Balaban J connectivity index is 1.61. The van der Waals surface area contributed by atoms with E-state index in [4.69, 9.17) is 11.6 Å². The molecule has 4 rings (SSSR count). The van der Waals surface area contributed by atoms with E-state index in [-0.39, 0.29) is 17.3 Å². The lowest BCUT2D eigenvalue weighted by Crippen LogP contribution is -2.27. The van der Waals surface area contributed by atoms with Crippen molar-refractivity contribution in [2.45, 2.75) is 11.4 Å². The van der Waals surface area contributed by atoms with Gasteiger partial charge in [-0.1, -0.05) is 23.7 Å². The molecule has 0 spiro atoms. The largest absolute Gasteiger partial charge is 0.323 e. The van der Waals surface area contributed by atoms with Crippen LogP contribution < -0.4 is 4.72 Å². The fourth-order valence-electron chi connectivity index (χ4n) is 3.11. The van der Waals surface area contributed by atoms with Crippen LogP contribution in [0.15, 0.2) is 77.7 Å². The molecule has 0 saturated carbocycles. The molecule has 29 heavy (non-hydrogen) atoms. The smallest absolute Gasteiger partial charge is 0.240 e. The maximum Gasteiger partial charge on any atom is 0.240 e. The predicted octanol–water partition coefficient (Wildman–Crippen LogP) is 4.47. The molecule has 0 unspecified atom stereocenters. The maximum absolute atomic E-state index is 13.3. The fourth-order valence-corrected chi connectivity index (χ4v) is 4.26. The van der Waals surface area contributed by atoms with Crippen LogP contribution in [0.5, 0.6) is 0 Å². The third-order valence-corrected chi connectivity index (χ3v) is 6.24. The highest BCUT2D eigenvalue weighted by Gasteiger charge is 2.16. The number of nitrogens with one attached hydrogen (secondary N) is 1. The molecule has 0 aliphatic carbocycles. The molecule has 0 bridgehead atoms. The Labute approximate surface area is 172 Å². The van der Waals surface area contributed by atoms with Gasteiger partial charge in [0, 0.05) is 23.7 Å². The lowest BCUT2D eigenvalue weighted by Gasteiger charge is -2.11. The summed E-state index contributed by atoms with van der Waals surface area (Å²) in [4.78, 5) is 4.79. The van der Waals surface area contributed by atoms with E-state index in [0.717, 1.165) is 16.6 Å². The number of imidazole rings is 1. The number of hydrogen-bond acceptors (Lipinski definition) is 3. The van der Waals surface area contributed by atoms with Gasteiger partial charge in [-0.25, -0.2) is 22.5 Å². The van der Waals surface area contributed by atoms with Gasteiger partial charge in [0.2, 0.25) is 10.0 Å². The number of hydrogen-bond donors (Lipinski definition) is 1. The number of para-hydroxylation sites is 2. The molecule has 148 valence electrons. The zero-order chi connectivity index (χ0) is 20.4. The van der Waals surface area contributed by atoms with E-state index >= 15 is 0 Å². The summed E-state index contributed by atoms with van der Waals surface area (Å²) < 4.78 is 42.9. The van der Waals surface area contributed by atoms with Gasteiger partial charge in [0.25, 0.3) is 0 Å². The first-order chi connectivity index (χ1) is 13.9. The summed E-state index contributed by atoms with van der Waals surface area (Å²) in [6.45, 7) is 0.527. The summed E-state index contributed by atoms with van der Waals surface area (Å²) in [6.07, 6.45) is 0. The summed E-state index contributed by atoms with van der Waals surface area (Å²) in [7, 11) is -3.66. The summed E-state index contributed by atoms with van der Waals surface area (Å²) >= 11 is 5.83. The summed E-state index contributed by atoms with van der Waals surface area (Å²) in [5.41, 5.74) is 2.41. The Morgan fingerprint density at radius 2 is 1.66 bits per heavy atom. The Morgan fingerprint density at radius 3 is 2.38 bits per heavy atom. The standard InChI is InChI=1S/C21H17ClFN3O2S/c22-16-7-11-18(12-8-16)29(27,28)24-13-14-26-20-4-2-1-3-19(20)25-21(26)15-5-9-17(23)10-6-15/h1-12,24H,13-14H2. The van der Waals surface area contributed by atoms with Crippen molar-refractivity contribution in [2.24, 2.45) is 0 Å². The fraction of sp³-hybridized carbons (Fsp3) is 0.0952. The molecule has 1 aromatic heterocycles. The zero-order valence-electron chi connectivity index (χ0n) is 15.2. The van der Waals surface area contributed by atoms with Crippen LogP contribution in [-0.2, 0) is 16.6 Å². The maximum atomic E-state index is 13.3. The molecule has 0 atom stereocenters. The van der Waals surface area contributed by atoms with Gasteiger partial charge in [-0.15, -0.1) is 0 Å². The second-order valence-electron chi connectivity index (χ2n) is 6.43. The first-order valence-corrected chi connectivity index (χ1v) is 10.8. The van der Waals surface area contributed by atoms with Gasteiger partial charge in [-0.05, 0) is 60.7 Å². The predicted molar refractivity (Wildman–Crippen MR) is 112 cm³/mol. The van der Waals surface area contributed by atoms with E-state index in [0.29, 0.717) is 17.4 Å². The molecule has 5 nitrogen and oxygen atoms in total. The molecule has 0 saturated heterocycles. The van der Waals surface area contributed by atoms with Gasteiger partial charge in [0.15, 0.2) is 0 Å². The zero-order valence-corrected chi connectivity index (χ0v) is 16.8. The molecular formula is C21H17ClFN3O2S. The second-order valence-corrected chi connectivity index (χ2v) is 8.64. The van der Waals surface area contributed by atoms with Gasteiger partial charge >= 0.3 is 0 Å². The van der Waals surface area contributed by atoms with E-state index in [9.17, 15) is 12.8 Å². The number of aromatic nitrogens is 2. The van der Waals surface area contributed by atoms with Gasteiger partial charge in [-0.2, -0.15) is 0 Å². The Bertz CT molecular complexity index is 1250. The van der Waals surface area contributed by atoms with Crippen molar-refractivity contribution in [1.29, 1.82) is 0 Å². The number of benzene rings is 3. The minimum Gasteiger partial charge on any atom is -0.323 e. The average molecular weight is 430 g/mol. The van der Waals surface area contributed by atoms with Crippen molar-refractivity contribution >= 4 is 32.7 Å². The number of halogens is 2. The highest BCUT2D eigenvalue weighted by Crippen LogP contribution is 2.25. The molecule has 1 heterocycles. The molecule has 0 aliphatic rings. The Kier molecular flexibility index (Phi) is 5.36. The van der Waals surface area contributed by atoms with Crippen LogP contribution in [0, 0.1) is 5.82 Å². The quantitative estimate of drug-likeness (QED) is 0.491. The van der Waals surface area contributed by atoms with Crippen molar-refractivity contribution in [3.8, 4) is 11.4 Å². The van der Waals surface area contributed by atoms with E-state index in [1.165, 1.54) is 36.4 Å². The number of sulfonamides is 1. The molecule has 4 aromatic rings. The number of rotatable bonds is 6. The Morgan fingerprint density at radius 1 is 0.966 bits per heavy atom. The number of nitrogens with zero attached hydrogens (tertiary/aromatic N) is 2. The van der Waals surface area contributed by atoms with Crippen LogP contribution in [0.1, 0.15) is 0 Å². The van der Waals surface area contributed by atoms with E-state index in [2.05, 4.69) is 9.71 Å². The minimum atomic E-state index is -3.66.